The summed E-state index contributed by atoms with van der Waals surface area (Å²) in [7, 11) is 0. The summed E-state index contributed by atoms with van der Waals surface area (Å²) < 4.78 is 1.86. The van der Waals surface area contributed by atoms with E-state index in [-0.39, 0.29) is 18.3 Å². The Morgan fingerprint density at radius 3 is 2.61 bits per heavy atom. The molecule has 3 rings (SSSR count). The van der Waals surface area contributed by atoms with Crippen molar-refractivity contribution < 1.29 is 4.79 Å². The third-order valence-corrected chi connectivity index (χ3v) is 4.13. The second-order valence-electron chi connectivity index (χ2n) is 5.69. The number of nitrogens with zero attached hydrogens (tertiary/aromatic N) is 3. The number of nitrogens with one attached hydrogen (secondary N) is 1. The number of amides is 1. The number of carbonyl (C=O) groups excluding carboxylic acids is 1. The van der Waals surface area contributed by atoms with E-state index in [1.807, 2.05) is 53.8 Å². The molecule has 23 heavy (non-hydrogen) atoms. The summed E-state index contributed by atoms with van der Waals surface area (Å²) in [6.45, 7) is 7.28. The van der Waals surface area contributed by atoms with Crippen molar-refractivity contribution in [2.75, 3.05) is 26.2 Å². The van der Waals surface area contributed by atoms with Gasteiger partial charge in [0.2, 0.25) is 0 Å². The van der Waals surface area contributed by atoms with Crippen molar-refractivity contribution in [1.29, 1.82) is 0 Å². The first-order valence-corrected chi connectivity index (χ1v) is 7.80. The number of benzene rings is 1. The van der Waals surface area contributed by atoms with E-state index in [4.69, 9.17) is 0 Å². The van der Waals surface area contributed by atoms with E-state index in [0.29, 0.717) is 0 Å². The van der Waals surface area contributed by atoms with E-state index in [9.17, 15) is 4.79 Å². The molecule has 0 unspecified atom stereocenters. The molecule has 1 N–H and O–H groups in total. The Bertz CT molecular complexity index is 661. The molecule has 1 aromatic heterocycles. The number of para-hydroxylation sites is 1. The van der Waals surface area contributed by atoms with Crippen molar-refractivity contribution in [1.82, 2.24) is 20.0 Å². The molecule has 2 heterocycles. The Balaban J connectivity index is 0.00000192. The molecule has 2 aromatic rings. The second kappa shape index (κ2) is 7.62. The second-order valence-corrected chi connectivity index (χ2v) is 5.69. The topological polar surface area (TPSA) is 50.2 Å². The highest BCUT2D eigenvalue weighted by Crippen LogP contribution is 2.20. The predicted molar refractivity (Wildman–Crippen MR) is 93.7 cm³/mol. The van der Waals surface area contributed by atoms with E-state index in [1.54, 1.807) is 0 Å². The zero-order chi connectivity index (χ0) is 15.5. The van der Waals surface area contributed by atoms with Crippen molar-refractivity contribution >= 4 is 18.3 Å². The van der Waals surface area contributed by atoms with Gasteiger partial charge in [0.25, 0.3) is 5.91 Å². The van der Waals surface area contributed by atoms with Gasteiger partial charge in [-0.3, -0.25) is 4.79 Å². The van der Waals surface area contributed by atoms with E-state index in [0.717, 1.165) is 55.2 Å². The SMILES string of the molecule is Cc1nn(-c2ccccc2)c(C)c1C(=O)N1CCCNCC1.Cl. The van der Waals surface area contributed by atoms with Gasteiger partial charge in [-0.1, -0.05) is 18.2 Å². The Morgan fingerprint density at radius 1 is 1.13 bits per heavy atom. The summed E-state index contributed by atoms with van der Waals surface area (Å²) in [5.41, 5.74) is 3.43. The maximum Gasteiger partial charge on any atom is 0.257 e. The lowest BCUT2D eigenvalue weighted by molar-refractivity contribution is 0.0765. The largest absolute Gasteiger partial charge is 0.337 e. The van der Waals surface area contributed by atoms with Gasteiger partial charge in [0.1, 0.15) is 0 Å². The predicted octanol–water partition coefficient (Wildman–Crippen LogP) is 2.35. The maximum atomic E-state index is 12.9. The monoisotopic (exact) mass is 334 g/mol. The normalized spacial score (nSPS) is 15.0. The van der Waals surface area contributed by atoms with Crippen LogP contribution in [0.1, 0.15) is 28.2 Å². The molecule has 1 aliphatic rings. The summed E-state index contributed by atoms with van der Waals surface area (Å²) in [6, 6.07) is 9.94. The smallest absolute Gasteiger partial charge is 0.257 e. The summed E-state index contributed by atoms with van der Waals surface area (Å²) in [5.74, 6) is 0.0980. The van der Waals surface area contributed by atoms with Crippen molar-refractivity contribution in [2.45, 2.75) is 20.3 Å². The van der Waals surface area contributed by atoms with Crippen LogP contribution < -0.4 is 5.32 Å². The van der Waals surface area contributed by atoms with Gasteiger partial charge in [-0.15, -0.1) is 12.4 Å². The molecule has 6 heteroatoms. The van der Waals surface area contributed by atoms with Gasteiger partial charge >= 0.3 is 0 Å². The first-order valence-electron chi connectivity index (χ1n) is 7.80. The van der Waals surface area contributed by atoms with E-state index >= 15 is 0 Å². The zero-order valence-electron chi connectivity index (χ0n) is 13.6. The van der Waals surface area contributed by atoms with Gasteiger partial charge < -0.3 is 10.2 Å². The van der Waals surface area contributed by atoms with Crippen molar-refractivity contribution in [3.63, 3.8) is 0 Å². The van der Waals surface area contributed by atoms with Gasteiger partial charge in [0, 0.05) is 19.6 Å². The molecular weight excluding hydrogens is 312 g/mol. The van der Waals surface area contributed by atoms with Crippen molar-refractivity contribution in [2.24, 2.45) is 0 Å². The quantitative estimate of drug-likeness (QED) is 0.917. The van der Waals surface area contributed by atoms with Gasteiger partial charge in [-0.05, 0) is 38.9 Å². The molecule has 1 saturated heterocycles. The number of aromatic nitrogens is 2. The molecule has 0 bridgehead atoms. The van der Waals surface area contributed by atoms with Crippen LogP contribution in [-0.2, 0) is 0 Å². The lowest BCUT2D eigenvalue weighted by Gasteiger charge is -2.20. The first-order chi connectivity index (χ1) is 10.7. The fourth-order valence-corrected chi connectivity index (χ4v) is 2.98. The van der Waals surface area contributed by atoms with Gasteiger partial charge in [-0.25, -0.2) is 4.68 Å². The fraction of sp³-hybridized carbons (Fsp3) is 0.412. The molecule has 5 nitrogen and oxygen atoms in total. The molecular formula is C17H23ClN4O. The number of hydrogen-bond acceptors (Lipinski definition) is 3. The van der Waals surface area contributed by atoms with Gasteiger partial charge in [0.05, 0.1) is 22.6 Å². The molecule has 124 valence electrons. The average Bonchev–Trinajstić information content (AvgIpc) is 2.73. The highest BCUT2D eigenvalue weighted by atomic mass is 35.5. The lowest BCUT2D eigenvalue weighted by atomic mass is 10.1. The fourth-order valence-electron chi connectivity index (χ4n) is 2.98. The number of aryl methyl sites for hydroxylation is 1. The average molecular weight is 335 g/mol. The molecule has 0 aliphatic carbocycles. The summed E-state index contributed by atoms with van der Waals surface area (Å²) in [6.07, 6.45) is 0.997. The van der Waals surface area contributed by atoms with Gasteiger partial charge in [0.15, 0.2) is 0 Å². The Morgan fingerprint density at radius 2 is 1.87 bits per heavy atom. The Hall–Kier alpha value is -1.85. The number of carbonyl (C=O) groups is 1. The highest BCUT2D eigenvalue weighted by molar-refractivity contribution is 5.96. The number of hydrogen-bond donors (Lipinski definition) is 1. The highest BCUT2D eigenvalue weighted by Gasteiger charge is 2.24. The molecule has 0 spiro atoms. The van der Waals surface area contributed by atoms with E-state index in [1.165, 1.54) is 0 Å². The molecule has 1 amide bonds. The van der Waals surface area contributed by atoms with Crippen LogP contribution >= 0.6 is 12.4 Å². The summed E-state index contributed by atoms with van der Waals surface area (Å²) in [4.78, 5) is 14.8. The van der Waals surface area contributed by atoms with Gasteiger partial charge in [-0.2, -0.15) is 5.10 Å². The minimum atomic E-state index is 0. The van der Waals surface area contributed by atoms with Crippen LogP contribution in [0.25, 0.3) is 5.69 Å². The van der Waals surface area contributed by atoms with Crippen LogP contribution in [0.5, 0.6) is 0 Å². The van der Waals surface area contributed by atoms with Crippen LogP contribution in [0.4, 0.5) is 0 Å². The van der Waals surface area contributed by atoms with Crippen molar-refractivity contribution in [3.8, 4) is 5.69 Å². The Labute approximate surface area is 143 Å². The van der Waals surface area contributed by atoms with Crippen LogP contribution in [0.2, 0.25) is 0 Å². The molecule has 0 saturated carbocycles. The standard InChI is InChI=1S/C17H22N4O.ClH/c1-13-16(17(22)20-11-6-9-18-10-12-20)14(2)21(19-13)15-7-4-3-5-8-15;/h3-5,7-8,18H,6,9-12H2,1-2H3;1H. The minimum absolute atomic E-state index is 0. The lowest BCUT2D eigenvalue weighted by Crippen LogP contribution is -2.34. The first kappa shape index (κ1) is 17.5. The zero-order valence-corrected chi connectivity index (χ0v) is 14.4. The molecule has 0 atom stereocenters. The molecule has 1 aliphatic heterocycles. The van der Waals surface area contributed by atoms with Crippen LogP contribution in [0.3, 0.4) is 0 Å². The third-order valence-electron chi connectivity index (χ3n) is 4.13. The number of halogens is 1. The summed E-state index contributed by atoms with van der Waals surface area (Å²) in [5, 5.41) is 7.90. The maximum absolute atomic E-state index is 12.9. The third kappa shape index (κ3) is 3.57. The van der Waals surface area contributed by atoms with Crippen LogP contribution in [0.15, 0.2) is 30.3 Å². The Kier molecular flexibility index (Phi) is 5.80. The number of rotatable bonds is 2. The van der Waals surface area contributed by atoms with Crippen molar-refractivity contribution in [3.05, 3.63) is 47.3 Å². The van der Waals surface area contributed by atoms with Crippen LogP contribution in [-0.4, -0.2) is 46.8 Å². The summed E-state index contributed by atoms with van der Waals surface area (Å²) >= 11 is 0. The minimum Gasteiger partial charge on any atom is -0.337 e. The molecule has 1 fully saturated rings. The molecule has 1 aromatic carbocycles. The van der Waals surface area contributed by atoms with E-state index in [2.05, 4.69) is 10.4 Å². The van der Waals surface area contributed by atoms with Crippen LogP contribution in [0, 0.1) is 13.8 Å². The van der Waals surface area contributed by atoms with E-state index < -0.39 is 0 Å². The molecule has 0 radical (unpaired) electrons.